The second kappa shape index (κ2) is 6.17. The van der Waals surface area contributed by atoms with Crippen LogP contribution in [0.3, 0.4) is 0 Å². The molecule has 0 aromatic carbocycles. The minimum absolute atomic E-state index is 0.206. The van der Waals surface area contributed by atoms with Crippen molar-refractivity contribution in [2.45, 2.75) is 25.9 Å². The van der Waals surface area contributed by atoms with Crippen LogP contribution in [0, 0.1) is 5.92 Å². The van der Waals surface area contributed by atoms with Crippen molar-refractivity contribution in [2.24, 2.45) is 5.92 Å². The molecule has 17 heavy (non-hydrogen) atoms. The summed E-state index contributed by atoms with van der Waals surface area (Å²) in [5.41, 5.74) is 0. The van der Waals surface area contributed by atoms with E-state index in [2.05, 4.69) is 16.1 Å². The van der Waals surface area contributed by atoms with Crippen LogP contribution in [0.5, 0.6) is 0 Å². The third-order valence-electron chi connectivity index (χ3n) is 1.79. The zero-order valence-corrected chi connectivity index (χ0v) is 9.48. The Morgan fingerprint density at radius 1 is 1.47 bits per heavy atom. The minimum atomic E-state index is -4.17. The summed E-state index contributed by atoms with van der Waals surface area (Å²) in [4.78, 5) is 21.3. The van der Waals surface area contributed by atoms with Crippen LogP contribution in [-0.2, 0) is 14.3 Å². The van der Waals surface area contributed by atoms with Crippen LogP contribution in [0.4, 0.5) is 13.6 Å². The number of rotatable bonds is 6. The maximum absolute atomic E-state index is 13.2. The molecule has 0 rings (SSSR count). The van der Waals surface area contributed by atoms with E-state index in [1.165, 1.54) is 19.9 Å². The summed E-state index contributed by atoms with van der Waals surface area (Å²) in [5, 5.41) is 8.35. The summed E-state index contributed by atoms with van der Waals surface area (Å²) in [6.07, 6.45) is -2.22. The Bertz CT molecular complexity index is 301. The van der Waals surface area contributed by atoms with Gasteiger partial charge in [0.1, 0.15) is 6.61 Å². The van der Waals surface area contributed by atoms with E-state index in [9.17, 15) is 18.4 Å². The number of halogens is 2. The molecule has 0 aliphatic heterocycles. The van der Waals surface area contributed by atoms with Crippen molar-refractivity contribution >= 4 is 12.1 Å². The van der Waals surface area contributed by atoms with Crippen molar-refractivity contribution in [2.75, 3.05) is 6.61 Å². The monoisotopic (exact) mass is 252 g/mol. The molecule has 0 aromatic heterocycles. The first-order chi connectivity index (χ1) is 7.73. The van der Waals surface area contributed by atoms with Crippen molar-refractivity contribution in [3.63, 3.8) is 0 Å². The van der Waals surface area contributed by atoms with Crippen LogP contribution in [0.1, 0.15) is 13.8 Å². The average molecular weight is 252 g/mol. The molecule has 0 heterocycles. The lowest BCUT2D eigenvalue weighted by Crippen LogP contribution is -2.47. The smallest absolute Gasteiger partial charge is 0.477 e. The number of carbonyl (C=O) groups is 2. The number of hydrogen-bond acceptors (Lipinski definition) is 4. The Kier molecular flexibility index (Phi) is 5.57. The van der Waals surface area contributed by atoms with Crippen molar-refractivity contribution in [1.29, 1.82) is 0 Å². The van der Waals surface area contributed by atoms with E-state index in [1.54, 1.807) is 0 Å². The predicted molar refractivity (Wildman–Crippen MR) is 53.8 cm³/mol. The maximum Gasteiger partial charge on any atom is 0.509 e. The Balaban J connectivity index is 4.71. The molecule has 0 saturated carbocycles. The summed E-state index contributed by atoms with van der Waals surface area (Å²) in [6.45, 7) is 5.66. The van der Waals surface area contributed by atoms with Crippen LogP contribution >= 0.6 is 0 Å². The molecular weight excluding hydrogens is 238 g/mol. The zero-order valence-electron chi connectivity index (χ0n) is 9.48. The Morgan fingerprint density at radius 3 is 2.35 bits per heavy atom. The molecule has 0 radical (unpaired) electrons. The normalized spacial score (nSPS) is 13.0. The van der Waals surface area contributed by atoms with E-state index >= 15 is 0 Å². The number of aliphatic carboxylic acids is 1. The van der Waals surface area contributed by atoms with Gasteiger partial charge >= 0.3 is 18.0 Å². The minimum Gasteiger partial charge on any atom is -0.477 e. The first kappa shape index (κ1) is 15.3. The van der Waals surface area contributed by atoms with E-state index in [4.69, 9.17) is 5.11 Å². The van der Waals surface area contributed by atoms with Gasteiger partial charge in [-0.1, -0.05) is 26.5 Å². The van der Waals surface area contributed by atoms with Gasteiger partial charge in [-0.2, -0.15) is 8.78 Å². The molecule has 7 heteroatoms. The first-order valence-electron chi connectivity index (χ1n) is 4.79. The molecular formula is C10H14F2O5. The highest BCUT2D eigenvalue weighted by Gasteiger charge is 2.52. The van der Waals surface area contributed by atoms with Crippen LogP contribution in [-0.4, -0.2) is 35.9 Å². The van der Waals surface area contributed by atoms with E-state index in [0.29, 0.717) is 0 Å². The van der Waals surface area contributed by atoms with Gasteiger partial charge in [-0.05, 0) is 5.92 Å². The summed E-state index contributed by atoms with van der Waals surface area (Å²) < 4.78 is 35.0. The maximum atomic E-state index is 13.2. The van der Waals surface area contributed by atoms with Crippen LogP contribution in [0.2, 0.25) is 0 Å². The van der Waals surface area contributed by atoms with Crippen molar-refractivity contribution in [3.05, 3.63) is 12.7 Å². The number of ether oxygens (including phenoxy) is 2. The van der Waals surface area contributed by atoms with E-state index in [0.717, 1.165) is 0 Å². The van der Waals surface area contributed by atoms with Gasteiger partial charge in [0.15, 0.2) is 6.10 Å². The number of carboxylic acids is 1. The lowest BCUT2D eigenvalue weighted by Gasteiger charge is -2.25. The fourth-order valence-electron chi connectivity index (χ4n) is 1.02. The average Bonchev–Trinajstić information content (AvgIpc) is 2.21. The summed E-state index contributed by atoms with van der Waals surface area (Å²) in [6, 6.07) is 0. The molecule has 0 fully saturated rings. The second-order valence-corrected chi connectivity index (χ2v) is 3.56. The third kappa shape index (κ3) is 4.38. The van der Waals surface area contributed by atoms with E-state index < -0.39 is 30.1 Å². The molecule has 0 amide bonds. The molecule has 98 valence electrons. The Labute approximate surface area is 97.0 Å². The predicted octanol–water partition coefficient (Wildman–Crippen LogP) is 2.07. The van der Waals surface area contributed by atoms with Gasteiger partial charge < -0.3 is 14.6 Å². The molecule has 1 N–H and O–H groups in total. The first-order valence-corrected chi connectivity index (χ1v) is 4.79. The van der Waals surface area contributed by atoms with Gasteiger partial charge in [0.25, 0.3) is 0 Å². The van der Waals surface area contributed by atoms with Crippen LogP contribution < -0.4 is 0 Å². The van der Waals surface area contributed by atoms with Gasteiger partial charge in [0, 0.05) is 0 Å². The SMILES string of the molecule is C=CCOC(=O)OC(C(C)C)C(F)(F)C(=O)O. The molecule has 0 spiro atoms. The molecule has 0 aromatic rings. The molecule has 5 nitrogen and oxygen atoms in total. The van der Waals surface area contributed by atoms with Crippen LogP contribution in [0.25, 0.3) is 0 Å². The summed E-state index contributed by atoms with van der Waals surface area (Å²) in [5.74, 6) is -7.40. The number of carbonyl (C=O) groups excluding carboxylic acids is 1. The van der Waals surface area contributed by atoms with Gasteiger partial charge in [0.05, 0.1) is 0 Å². The highest BCUT2D eigenvalue weighted by atomic mass is 19.3. The van der Waals surface area contributed by atoms with Crippen molar-refractivity contribution in [1.82, 2.24) is 0 Å². The molecule has 0 saturated heterocycles. The summed E-state index contributed by atoms with van der Waals surface area (Å²) in [7, 11) is 0. The van der Waals surface area contributed by atoms with Gasteiger partial charge in [-0.15, -0.1) is 0 Å². The lowest BCUT2D eigenvalue weighted by molar-refractivity contribution is -0.189. The lowest BCUT2D eigenvalue weighted by atomic mass is 10.0. The third-order valence-corrected chi connectivity index (χ3v) is 1.79. The fourth-order valence-corrected chi connectivity index (χ4v) is 1.02. The second-order valence-electron chi connectivity index (χ2n) is 3.56. The fraction of sp³-hybridized carbons (Fsp3) is 0.600. The van der Waals surface area contributed by atoms with Crippen molar-refractivity contribution < 1.29 is 33.0 Å². The molecule has 1 unspecified atom stereocenters. The molecule has 1 atom stereocenters. The quantitative estimate of drug-likeness (QED) is 0.578. The van der Waals surface area contributed by atoms with Gasteiger partial charge in [-0.25, -0.2) is 9.59 Å². The Hall–Kier alpha value is -1.66. The number of alkyl halides is 2. The topological polar surface area (TPSA) is 72.8 Å². The van der Waals surface area contributed by atoms with E-state index in [1.807, 2.05) is 0 Å². The standard InChI is InChI=1S/C10H14F2O5/c1-4-5-16-9(15)17-7(6(2)3)10(11,12)8(13)14/h4,6-7H,1,5H2,2-3H3,(H,13,14). The summed E-state index contributed by atoms with van der Waals surface area (Å²) >= 11 is 0. The molecule has 0 aliphatic rings. The van der Waals surface area contributed by atoms with Crippen LogP contribution in [0.15, 0.2) is 12.7 Å². The van der Waals surface area contributed by atoms with Crippen molar-refractivity contribution in [3.8, 4) is 0 Å². The largest absolute Gasteiger partial charge is 0.509 e. The number of hydrogen-bond donors (Lipinski definition) is 1. The van der Waals surface area contributed by atoms with E-state index in [-0.39, 0.29) is 6.61 Å². The highest BCUT2D eigenvalue weighted by Crippen LogP contribution is 2.27. The highest BCUT2D eigenvalue weighted by molar-refractivity contribution is 5.76. The zero-order chi connectivity index (χ0) is 13.6. The Morgan fingerprint density at radius 2 is 2.00 bits per heavy atom. The van der Waals surface area contributed by atoms with Gasteiger partial charge in [-0.3, -0.25) is 0 Å². The van der Waals surface area contributed by atoms with Gasteiger partial charge in [0.2, 0.25) is 0 Å². The molecule has 0 aliphatic carbocycles. The number of carboxylic acid groups (broad SMARTS) is 1. The molecule has 0 bridgehead atoms.